The normalized spacial score (nSPS) is 11.8. The van der Waals surface area contributed by atoms with Crippen LogP contribution in [0.15, 0.2) is 29.2 Å². The first-order chi connectivity index (χ1) is 22.0. The molecule has 0 unspecified atom stereocenters. The summed E-state index contributed by atoms with van der Waals surface area (Å²) in [5, 5.41) is 0. The molecule has 0 amide bonds. The van der Waals surface area contributed by atoms with Crippen LogP contribution in [0, 0.1) is 0 Å². The van der Waals surface area contributed by atoms with E-state index in [1.807, 2.05) is 0 Å². The van der Waals surface area contributed by atoms with Crippen molar-refractivity contribution in [2.24, 2.45) is 0 Å². The summed E-state index contributed by atoms with van der Waals surface area (Å²) < 4.78 is 32.3. The molecule has 0 atom stereocenters. The fourth-order valence-electron chi connectivity index (χ4n) is 6.54. The van der Waals surface area contributed by atoms with Gasteiger partial charge in [0.2, 0.25) is 0 Å². The van der Waals surface area contributed by atoms with Gasteiger partial charge in [0.1, 0.15) is 4.90 Å². The van der Waals surface area contributed by atoms with E-state index in [-0.39, 0.29) is 16.2 Å². The Morgan fingerprint density at radius 2 is 0.733 bits per heavy atom. The molecular formula is C40H72O4S. The zero-order valence-corrected chi connectivity index (χ0v) is 30.3. The highest BCUT2D eigenvalue weighted by Crippen LogP contribution is 2.20. The molecule has 262 valence electrons. The number of carbonyl (C=O) groups is 1. The van der Waals surface area contributed by atoms with Crippen LogP contribution in [0.2, 0.25) is 0 Å². The third-order valence-corrected chi connectivity index (χ3v) is 10.4. The van der Waals surface area contributed by atoms with Gasteiger partial charge in [0.15, 0.2) is 5.78 Å². The van der Waals surface area contributed by atoms with Crippen molar-refractivity contribution in [2.75, 3.05) is 0 Å². The molecule has 0 radical (unpaired) electrons. The summed E-state index contributed by atoms with van der Waals surface area (Å²) in [4.78, 5) is 12.1. The highest BCUT2D eigenvalue weighted by molar-refractivity contribution is 7.86. The van der Waals surface area contributed by atoms with Crippen molar-refractivity contribution < 1.29 is 17.8 Å². The van der Waals surface area contributed by atoms with Crippen LogP contribution in [0.3, 0.4) is 0 Å². The van der Waals surface area contributed by atoms with Crippen LogP contribution in [0.25, 0.3) is 0 Å². The zero-order chi connectivity index (χ0) is 32.7. The molecule has 0 saturated carbocycles. The van der Waals surface area contributed by atoms with Crippen LogP contribution in [0.4, 0.5) is 0 Å². The number of hydrogen-bond donors (Lipinski definition) is 1. The Morgan fingerprint density at radius 3 is 1.02 bits per heavy atom. The van der Waals surface area contributed by atoms with Crippen molar-refractivity contribution in [1.29, 1.82) is 0 Å². The standard InChI is InChI=1S/C40H72O4S/c1-2-3-4-5-6-7-8-9-10-11-12-13-14-15-16-17-18-19-20-21-22-23-24-25-26-27-28-29-30-31-32-36-39(41)38-35-33-34-37-40(38)45(42,43)44/h33-35,37H,2-32,36H2,1H3,(H,42,43,44). The molecule has 1 rings (SSSR count). The van der Waals surface area contributed by atoms with Gasteiger partial charge in [-0.1, -0.05) is 218 Å². The van der Waals surface area contributed by atoms with Crippen LogP contribution in [0.5, 0.6) is 0 Å². The minimum atomic E-state index is -4.37. The Morgan fingerprint density at radius 1 is 0.467 bits per heavy atom. The third-order valence-electron chi connectivity index (χ3n) is 9.47. The van der Waals surface area contributed by atoms with E-state index in [2.05, 4.69) is 6.92 Å². The van der Waals surface area contributed by atoms with Crippen molar-refractivity contribution in [3.05, 3.63) is 29.8 Å². The van der Waals surface area contributed by atoms with Gasteiger partial charge in [0.05, 0.1) is 0 Å². The van der Waals surface area contributed by atoms with Crippen LogP contribution in [0.1, 0.15) is 223 Å². The van der Waals surface area contributed by atoms with Crippen LogP contribution >= 0.6 is 0 Å². The van der Waals surface area contributed by atoms with E-state index < -0.39 is 10.1 Å². The van der Waals surface area contributed by atoms with E-state index in [1.54, 1.807) is 6.07 Å². The van der Waals surface area contributed by atoms with Gasteiger partial charge in [-0.25, -0.2) is 0 Å². The monoisotopic (exact) mass is 649 g/mol. The average Bonchev–Trinajstić information content (AvgIpc) is 3.03. The molecule has 0 aliphatic carbocycles. The molecule has 0 aliphatic rings. The second-order valence-corrected chi connectivity index (χ2v) is 15.1. The first-order valence-electron chi connectivity index (χ1n) is 19.6. The summed E-state index contributed by atoms with van der Waals surface area (Å²) in [7, 11) is -4.37. The van der Waals surface area contributed by atoms with Gasteiger partial charge in [0.25, 0.3) is 10.1 Å². The first kappa shape index (κ1) is 41.8. The minimum Gasteiger partial charge on any atom is -0.294 e. The average molecular weight is 649 g/mol. The third kappa shape index (κ3) is 25.6. The molecule has 0 fully saturated rings. The van der Waals surface area contributed by atoms with Gasteiger partial charge < -0.3 is 0 Å². The smallest absolute Gasteiger partial charge is 0.294 e. The molecule has 0 aliphatic heterocycles. The summed E-state index contributed by atoms with van der Waals surface area (Å²) >= 11 is 0. The highest BCUT2D eigenvalue weighted by Gasteiger charge is 2.19. The van der Waals surface area contributed by atoms with Crippen LogP contribution < -0.4 is 0 Å². The Balaban J connectivity index is 1.74. The maximum absolute atomic E-state index is 12.4. The van der Waals surface area contributed by atoms with Gasteiger partial charge in [0, 0.05) is 12.0 Å². The lowest BCUT2D eigenvalue weighted by Crippen LogP contribution is -2.08. The van der Waals surface area contributed by atoms with Crippen molar-refractivity contribution in [2.45, 2.75) is 217 Å². The number of Topliss-reactive ketones (excluding diaryl/α,β-unsaturated/α-hetero) is 1. The van der Waals surface area contributed by atoms with Gasteiger partial charge in [-0.2, -0.15) is 8.42 Å². The Hall–Kier alpha value is -1.20. The molecular weight excluding hydrogens is 577 g/mol. The predicted molar refractivity (Wildman–Crippen MR) is 194 cm³/mol. The topological polar surface area (TPSA) is 71.4 Å². The van der Waals surface area contributed by atoms with E-state index in [0.29, 0.717) is 6.42 Å². The lowest BCUT2D eigenvalue weighted by molar-refractivity contribution is 0.0975. The second kappa shape index (κ2) is 30.2. The van der Waals surface area contributed by atoms with Crippen molar-refractivity contribution in [3.63, 3.8) is 0 Å². The molecule has 4 nitrogen and oxygen atoms in total. The maximum atomic E-state index is 12.4. The lowest BCUT2D eigenvalue weighted by Gasteiger charge is -2.06. The summed E-state index contributed by atoms with van der Waals surface area (Å²) in [5.74, 6) is -0.210. The maximum Gasteiger partial charge on any atom is 0.295 e. The number of hydrogen-bond acceptors (Lipinski definition) is 3. The lowest BCUT2D eigenvalue weighted by atomic mass is 10.0. The Labute approximate surface area is 280 Å². The van der Waals surface area contributed by atoms with Gasteiger partial charge in [-0.15, -0.1) is 0 Å². The number of carbonyl (C=O) groups excluding carboxylic acids is 1. The fraction of sp³-hybridized carbons (Fsp3) is 0.825. The van der Waals surface area contributed by atoms with E-state index in [1.165, 1.54) is 198 Å². The van der Waals surface area contributed by atoms with Crippen LogP contribution in [-0.4, -0.2) is 18.8 Å². The van der Waals surface area contributed by atoms with Crippen molar-refractivity contribution >= 4 is 15.9 Å². The summed E-state index contributed by atoms with van der Waals surface area (Å²) in [5.41, 5.74) is 0.102. The molecule has 0 heterocycles. The van der Waals surface area contributed by atoms with Crippen molar-refractivity contribution in [1.82, 2.24) is 0 Å². The van der Waals surface area contributed by atoms with Crippen LogP contribution in [-0.2, 0) is 10.1 Å². The summed E-state index contributed by atoms with van der Waals surface area (Å²) in [6.45, 7) is 2.30. The van der Waals surface area contributed by atoms with E-state index in [4.69, 9.17) is 0 Å². The molecule has 45 heavy (non-hydrogen) atoms. The summed E-state index contributed by atoms with van der Waals surface area (Å²) in [6, 6.07) is 5.91. The number of ketones is 1. The molecule has 1 N–H and O–H groups in total. The number of benzene rings is 1. The zero-order valence-electron chi connectivity index (χ0n) is 29.5. The molecule has 1 aromatic carbocycles. The summed E-state index contributed by atoms with van der Waals surface area (Å²) in [6.07, 6.45) is 42.8. The van der Waals surface area contributed by atoms with Gasteiger partial charge >= 0.3 is 0 Å². The molecule has 0 spiro atoms. The molecule has 0 aromatic heterocycles. The number of rotatable bonds is 34. The van der Waals surface area contributed by atoms with E-state index in [0.717, 1.165) is 19.3 Å². The Bertz CT molecular complexity index is 911. The number of unbranched alkanes of at least 4 members (excludes halogenated alkanes) is 30. The Kier molecular flexibility index (Phi) is 28.0. The quantitative estimate of drug-likeness (QED) is 0.0458. The predicted octanol–water partition coefficient (Wildman–Crippen LogP) is 13.6. The molecule has 1 aromatic rings. The minimum absolute atomic E-state index is 0.102. The molecule has 5 heteroatoms. The van der Waals surface area contributed by atoms with Gasteiger partial charge in [-0.3, -0.25) is 9.35 Å². The second-order valence-electron chi connectivity index (χ2n) is 13.8. The van der Waals surface area contributed by atoms with Gasteiger partial charge in [-0.05, 0) is 12.5 Å². The highest BCUT2D eigenvalue weighted by atomic mass is 32.2. The molecule has 0 saturated heterocycles. The SMILES string of the molecule is CCCCCCCCCCCCCCCCCCCCCCCCCCCCCCCCCC(=O)c1ccccc1S(=O)(=O)O. The van der Waals surface area contributed by atoms with E-state index in [9.17, 15) is 17.8 Å². The molecule has 0 bridgehead atoms. The van der Waals surface area contributed by atoms with E-state index >= 15 is 0 Å². The first-order valence-corrected chi connectivity index (χ1v) is 21.0. The largest absolute Gasteiger partial charge is 0.295 e. The fourth-order valence-corrected chi connectivity index (χ4v) is 7.25. The van der Waals surface area contributed by atoms with Crippen molar-refractivity contribution in [3.8, 4) is 0 Å².